The molecular weight excluding hydrogens is 173 g/mol. The molecule has 68 valence electrons. The quantitative estimate of drug-likeness (QED) is 0.615. The fourth-order valence-corrected chi connectivity index (χ4v) is 1.33. The maximum absolute atomic E-state index is 12.9. The van der Waals surface area contributed by atoms with Gasteiger partial charge in [-0.3, -0.25) is 4.79 Å². The highest BCUT2D eigenvalue weighted by Crippen LogP contribution is 2.32. The van der Waals surface area contributed by atoms with Gasteiger partial charge in [0, 0.05) is 6.42 Å². The number of fused-ring (bicyclic) bond motifs is 1. The first kappa shape index (κ1) is 8.04. The predicted octanol–water partition coefficient (Wildman–Crippen LogP) is 1.37. The smallest absolute Gasteiger partial charge is 0.170 e. The second-order valence-electron chi connectivity index (χ2n) is 2.86. The Hall–Kier alpha value is -1.58. The van der Waals surface area contributed by atoms with Gasteiger partial charge in [-0.15, -0.1) is 0 Å². The summed E-state index contributed by atoms with van der Waals surface area (Å²) in [5, 5.41) is 0. The standard InChI is InChI=1S/C9H8FNO2/c10-6-2-1-5-7(12)3-4-13-9(5)8(6)11/h1-2H,3-4,11H2. The molecule has 0 bridgehead atoms. The summed E-state index contributed by atoms with van der Waals surface area (Å²) in [7, 11) is 0. The molecule has 4 heteroatoms. The van der Waals surface area contributed by atoms with Gasteiger partial charge in [0.15, 0.2) is 11.5 Å². The zero-order valence-electron chi connectivity index (χ0n) is 6.84. The van der Waals surface area contributed by atoms with E-state index in [-0.39, 0.29) is 23.8 Å². The van der Waals surface area contributed by atoms with Crippen LogP contribution in [0.5, 0.6) is 5.75 Å². The van der Waals surface area contributed by atoms with Gasteiger partial charge in [0.25, 0.3) is 0 Å². The molecule has 0 amide bonds. The van der Waals surface area contributed by atoms with Crippen LogP contribution < -0.4 is 10.5 Å². The molecule has 0 saturated heterocycles. The summed E-state index contributed by atoms with van der Waals surface area (Å²) in [6.07, 6.45) is 0.331. The average molecular weight is 181 g/mol. The van der Waals surface area contributed by atoms with Crippen LogP contribution in [0, 0.1) is 5.82 Å². The van der Waals surface area contributed by atoms with E-state index in [9.17, 15) is 9.18 Å². The molecular formula is C9H8FNO2. The number of Topliss-reactive ketones (excluding diaryl/α,β-unsaturated/α-hetero) is 1. The Kier molecular flexibility index (Phi) is 1.69. The van der Waals surface area contributed by atoms with Crippen molar-refractivity contribution in [1.29, 1.82) is 0 Å². The van der Waals surface area contributed by atoms with Gasteiger partial charge >= 0.3 is 0 Å². The lowest BCUT2D eigenvalue weighted by Gasteiger charge is -2.17. The molecule has 1 heterocycles. The SMILES string of the molecule is Nc1c(F)ccc2c1OCCC2=O. The number of hydrogen-bond donors (Lipinski definition) is 1. The van der Waals surface area contributed by atoms with Crippen molar-refractivity contribution < 1.29 is 13.9 Å². The van der Waals surface area contributed by atoms with Gasteiger partial charge in [0.05, 0.1) is 12.2 Å². The van der Waals surface area contributed by atoms with Crippen molar-refractivity contribution in [2.45, 2.75) is 6.42 Å². The topological polar surface area (TPSA) is 52.3 Å². The third-order valence-corrected chi connectivity index (χ3v) is 2.02. The normalized spacial score (nSPS) is 15.0. The molecule has 0 fully saturated rings. The highest BCUT2D eigenvalue weighted by molar-refractivity contribution is 6.01. The molecule has 3 nitrogen and oxygen atoms in total. The molecule has 1 aromatic carbocycles. The van der Waals surface area contributed by atoms with Crippen LogP contribution >= 0.6 is 0 Å². The zero-order valence-corrected chi connectivity index (χ0v) is 6.84. The zero-order chi connectivity index (χ0) is 9.42. The maximum Gasteiger partial charge on any atom is 0.170 e. The van der Waals surface area contributed by atoms with E-state index in [1.54, 1.807) is 0 Å². The molecule has 0 aliphatic carbocycles. The van der Waals surface area contributed by atoms with Gasteiger partial charge in [0.1, 0.15) is 11.5 Å². The third kappa shape index (κ3) is 1.14. The van der Waals surface area contributed by atoms with Crippen molar-refractivity contribution in [3.63, 3.8) is 0 Å². The Labute approximate surface area is 74.3 Å². The van der Waals surface area contributed by atoms with Gasteiger partial charge in [-0.05, 0) is 12.1 Å². The van der Waals surface area contributed by atoms with Gasteiger partial charge in [-0.2, -0.15) is 0 Å². The summed E-state index contributed by atoms with van der Waals surface area (Å²) >= 11 is 0. The first-order valence-electron chi connectivity index (χ1n) is 3.94. The van der Waals surface area contributed by atoms with Crippen LogP contribution in [0.2, 0.25) is 0 Å². The second kappa shape index (κ2) is 2.73. The van der Waals surface area contributed by atoms with Crippen molar-refractivity contribution in [3.8, 4) is 5.75 Å². The Balaban J connectivity index is 2.63. The average Bonchev–Trinajstić information content (AvgIpc) is 2.12. The largest absolute Gasteiger partial charge is 0.490 e. The minimum atomic E-state index is -0.548. The number of benzene rings is 1. The van der Waals surface area contributed by atoms with Crippen LogP contribution in [0.1, 0.15) is 16.8 Å². The van der Waals surface area contributed by atoms with Gasteiger partial charge < -0.3 is 10.5 Å². The summed E-state index contributed by atoms with van der Waals surface area (Å²) in [6, 6.07) is 2.59. The molecule has 0 radical (unpaired) electrons. The van der Waals surface area contributed by atoms with E-state index in [1.807, 2.05) is 0 Å². The van der Waals surface area contributed by atoms with Gasteiger partial charge in [-0.1, -0.05) is 0 Å². The lowest BCUT2D eigenvalue weighted by atomic mass is 10.0. The summed E-state index contributed by atoms with van der Waals surface area (Å²) in [5.41, 5.74) is 5.71. The first-order chi connectivity index (χ1) is 6.20. The first-order valence-corrected chi connectivity index (χ1v) is 3.94. The number of ketones is 1. The fraction of sp³-hybridized carbons (Fsp3) is 0.222. The van der Waals surface area contributed by atoms with E-state index in [0.717, 1.165) is 0 Å². The number of hydrogen-bond acceptors (Lipinski definition) is 3. The van der Waals surface area contributed by atoms with Crippen LogP contribution in [0.3, 0.4) is 0 Å². The molecule has 0 saturated carbocycles. The number of rotatable bonds is 0. The Morgan fingerprint density at radius 1 is 1.46 bits per heavy atom. The highest BCUT2D eigenvalue weighted by Gasteiger charge is 2.22. The molecule has 2 rings (SSSR count). The minimum absolute atomic E-state index is 0.0482. The summed E-state index contributed by atoms with van der Waals surface area (Å²) < 4.78 is 18.0. The monoisotopic (exact) mass is 181 g/mol. The lowest BCUT2D eigenvalue weighted by Crippen LogP contribution is -2.17. The van der Waals surface area contributed by atoms with Crippen LogP contribution in [-0.4, -0.2) is 12.4 Å². The second-order valence-corrected chi connectivity index (χ2v) is 2.86. The van der Waals surface area contributed by atoms with Crippen LogP contribution in [0.15, 0.2) is 12.1 Å². The summed E-state index contributed by atoms with van der Waals surface area (Å²) in [5.74, 6) is -0.405. The number of halogens is 1. The fourth-order valence-electron chi connectivity index (χ4n) is 1.33. The number of ether oxygens (including phenoxy) is 1. The molecule has 0 aromatic heterocycles. The molecule has 13 heavy (non-hydrogen) atoms. The Bertz CT molecular complexity index is 376. The summed E-state index contributed by atoms with van der Waals surface area (Å²) in [6.45, 7) is 0.277. The molecule has 1 aliphatic rings. The number of nitrogens with two attached hydrogens (primary N) is 1. The summed E-state index contributed by atoms with van der Waals surface area (Å²) in [4.78, 5) is 11.3. The van der Waals surface area contributed by atoms with E-state index in [0.29, 0.717) is 12.0 Å². The van der Waals surface area contributed by atoms with E-state index in [1.165, 1.54) is 12.1 Å². The molecule has 0 spiro atoms. The van der Waals surface area contributed by atoms with Crippen LogP contribution in [-0.2, 0) is 0 Å². The third-order valence-electron chi connectivity index (χ3n) is 2.02. The predicted molar refractivity (Wildman–Crippen MR) is 45.3 cm³/mol. The number of nitrogen functional groups attached to an aromatic ring is 1. The van der Waals surface area contributed by atoms with E-state index in [4.69, 9.17) is 10.5 Å². The van der Waals surface area contributed by atoms with Crippen molar-refractivity contribution in [3.05, 3.63) is 23.5 Å². The van der Waals surface area contributed by atoms with Gasteiger partial charge in [0.2, 0.25) is 0 Å². The van der Waals surface area contributed by atoms with E-state index < -0.39 is 5.82 Å². The lowest BCUT2D eigenvalue weighted by molar-refractivity contribution is 0.0934. The van der Waals surface area contributed by atoms with E-state index in [2.05, 4.69) is 0 Å². The van der Waals surface area contributed by atoms with Crippen molar-refractivity contribution in [2.75, 3.05) is 12.3 Å². The minimum Gasteiger partial charge on any atom is -0.490 e. The van der Waals surface area contributed by atoms with Crippen LogP contribution in [0.4, 0.5) is 10.1 Å². The maximum atomic E-state index is 12.9. The number of carbonyl (C=O) groups excluding carboxylic acids is 1. The van der Waals surface area contributed by atoms with Crippen molar-refractivity contribution in [1.82, 2.24) is 0 Å². The molecule has 0 unspecified atom stereocenters. The van der Waals surface area contributed by atoms with Crippen molar-refractivity contribution in [2.24, 2.45) is 0 Å². The van der Waals surface area contributed by atoms with E-state index >= 15 is 0 Å². The van der Waals surface area contributed by atoms with Gasteiger partial charge in [-0.25, -0.2) is 4.39 Å². The Morgan fingerprint density at radius 2 is 2.23 bits per heavy atom. The Morgan fingerprint density at radius 3 is 3.00 bits per heavy atom. The molecule has 1 aliphatic heterocycles. The highest BCUT2D eigenvalue weighted by atomic mass is 19.1. The molecule has 1 aromatic rings. The van der Waals surface area contributed by atoms with Crippen LogP contribution in [0.25, 0.3) is 0 Å². The van der Waals surface area contributed by atoms with Crippen molar-refractivity contribution >= 4 is 11.5 Å². The number of anilines is 1. The number of carbonyl (C=O) groups is 1. The molecule has 2 N–H and O–H groups in total. The molecule has 0 atom stereocenters.